The molecule has 0 radical (unpaired) electrons. The first-order chi connectivity index (χ1) is 15.2. The maximum absolute atomic E-state index is 12.3. The molecule has 1 amide bonds. The SMILES string of the molecule is Cc1ccnc(Nc2cc(NCCNC(=O)c3cnn(-c4ccccc4)n3)ncn2)c1. The standard InChI is InChI=1S/C21H21N9O/c1-15-7-8-22-19(11-15)28-20-12-18(25-14-26-20)23-9-10-24-21(31)17-13-27-30(29-17)16-5-3-2-4-6-16/h2-8,11-14H,9-10H2,1H3,(H,24,31)(H2,22,23,25,26,28). The molecular formula is C21H21N9O. The fraction of sp³-hybridized carbons (Fsp3) is 0.143. The first-order valence-corrected chi connectivity index (χ1v) is 9.69. The molecule has 0 aliphatic carbocycles. The highest BCUT2D eigenvalue weighted by Gasteiger charge is 2.10. The average Bonchev–Trinajstić information content (AvgIpc) is 3.28. The number of hydrogen-bond donors (Lipinski definition) is 3. The number of carbonyl (C=O) groups excluding carboxylic acids is 1. The number of benzene rings is 1. The van der Waals surface area contributed by atoms with Gasteiger partial charge in [-0.2, -0.15) is 9.90 Å². The second-order valence-electron chi connectivity index (χ2n) is 6.67. The minimum Gasteiger partial charge on any atom is -0.368 e. The van der Waals surface area contributed by atoms with Crippen molar-refractivity contribution < 1.29 is 4.79 Å². The summed E-state index contributed by atoms with van der Waals surface area (Å²) in [7, 11) is 0. The third-order valence-electron chi connectivity index (χ3n) is 4.27. The maximum Gasteiger partial charge on any atom is 0.273 e. The molecule has 3 heterocycles. The lowest BCUT2D eigenvalue weighted by Gasteiger charge is -2.09. The Bertz CT molecular complexity index is 1160. The number of nitrogens with one attached hydrogen (secondary N) is 3. The Kier molecular flexibility index (Phi) is 6.08. The van der Waals surface area contributed by atoms with Crippen LogP contribution in [0.2, 0.25) is 0 Å². The van der Waals surface area contributed by atoms with Gasteiger partial charge in [-0.25, -0.2) is 15.0 Å². The first-order valence-electron chi connectivity index (χ1n) is 9.69. The van der Waals surface area contributed by atoms with Crippen LogP contribution in [0, 0.1) is 6.92 Å². The lowest BCUT2D eigenvalue weighted by molar-refractivity contribution is 0.0949. The summed E-state index contributed by atoms with van der Waals surface area (Å²) in [4.78, 5) is 26.4. The Morgan fingerprint density at radius 3 is 2.61 bits per heavy atom. The molecule has 0 bridgehead atoms. The molecule has 0 atom stereocenters. The van der Waals surface area contributed by atoms with Gasteiger partial charge in [0.2, 0.25) is 0 Å². The zero-order valence-electron chi connectivity index (χ0n) is 16.9. The molecule has 10 nitrogen and oxygen atoms in total. The number of hydrogen-bond acceptors (Lipinski definition) is 8. The van der Waals surface area contributed by atoms with Gasteiger partial charge in [0.05, 0.1) is 11.9 Å². The summed E-state index contributed by atoms with van der Waals surface area (Å²) >= 11 is 0. The van der Waals surface area contributed by atoms with E-state index in [2.05, 4.69) is 41.1 Å². The Morgan fingerprint density at radius 1 is 0.968 bits per heavy atom. The zero-order chi connectivity index (χ0) is 21.5. The average molecular weight is 415 g/mol. The third kappa shape index (κ3) is 5.38. The van der Waals surface area contributed by atoms with Gasteiger partial charge in [-0.3, -0.25) is 4.79 Å². The molecule has 156 valence electrons. The van der Waals surface area contributed by atoms with E-state index in [4.69, 9.17) is 0 Å². The van der Waals surface area contributed by atoms with Crippen LogP contribution in [0.25, 0.3) is 5.69 Å². The highest BCUT2D eigenvalue weighted by Crippen LogP contribution is 2.14. The van der Waals surface area contributed by atoms with Gasteiger partial charge in [-0.15, -0.1) is 5.10 Å². The van der Waals surface area contributed by atoms with E-state index in [-0.39, 0.29) is 11.6 Å². The van der Waals surface area contributed by atoms with Crippen molar-refractivity contribution >= 4 is 23.4 Å². The van der Waals surface area contributed by atoms with Crippen LogP contribution < -0.4 is 16.0 Å². The van der Waals surface area contributed by atoms with Gasteiger partial charge in [0.25, 0.3) is 5.91 Å². The van der Waals surface area contributed by atoms with Gasteiger partial charge in [-0.1, -0.05) is 18.2 Å². The minimum atomic E-state index is -0.292. The van der Waals surface area contributed by atoms with Crippen LogP contribution in [0.4, 0.5) is 17.5 Å². The molecule has 4 aromatic rings. The zero-order valence-corrected chi connectivity index (χ0v) is 16.9. The Hall–Kier alpha value is -4.34. The van der Waals surface area contributed by atoms with E-state index in [1.807, 2.05) is 49.4 Å². The summed E-state index contributed by atoms with van der Waals surface area (Å²) in [5.41, 5.74) is 2.14. The van der Waals surface area contributed by atoms with E-state index in [0.29, 0.717) is 30.5 Å². The number of anilines is 3. The second-order valence-corrected chi connectivity index (χ2v) is 6.67. The van der Waals surface area contributed by atoms with E-state index in [1.54, 1.807) is 12.3 Å². The summed E-state index contributed by atoms with van der Waals surface area (Å²) in [5, 5.41) is 17.4. The number of aryl methyl sites for hydroxylation is 1. The number of amides is 1. The van der Waals surface area contributed by atoms with Crippen molar-refractivity contribution in [2.75, 3.05) is 23.7 Å². The van der Waals surface area contributed by atoms with Crippen LogP contribution in [-0.4, -0.2) is 48.9 Å². The molecule has 0 saturated carbocycles. The van der Waals surface area contributed by atoms with Gasteiger partial charge in [0.1, 0.15) is 23.8 Å². The normalized spacial score (nSPS) is 10.5. The summed E-state index contributed by atoms with van der Waals surface area (Å²) in [6, 6.07) is 15.0. The largest absolute Gasteiger partial charge is 0.368 e. The van der Waals surface area contributed by atoms with E-state index in [0.717, 1.165) is 11.3 Å². The van der Waals surface area contributed by atoms with Crippen molar-refractivity contribution in [2.24, 2.45) is 0 Å². The topological polar surface area (TPSA) is 123 Å². The summed E-state index contributed by atoms with van der Waals surface area (Å²) in [6.07, 6.45) is 4.64. The van der Waals surface area contributed by atoms with E-state index in [1.165, 1.54) is 17.3 Å². The van der Waals surface area contributed by atoms with Crippen LogP contribution in [0.15, 0.2) is 67.3 Å². The number of aromatic nitrogens is 6. The lowest BCUT2D eigenvalue weighted by atomic mass is 10.3. The van der Waals surface area contributed by atoms with Crippen molar-refractivity contribution in [2.45, 2.75) is 6.92 Å². The fourth-order valence-electron chi connectivity index (χ4n) is 2.77. The summed E-state index contributed by atoms with van der Waals surface area (Å²) in [6.45, 7) is 2.87. The smallest absolute Gasteiger partial charge is 0.273 e. The molecule has 4 rings (SSSR count). The van der Waals surface area contributed by atoms with Crippen molar-refractivity contribution in [3.8, 4) is 5.69 Å². The Labute approximate surface area is 178 Å². The number of pyridine rings is 1. The molecule has 0 aliphatic heterocycles. The van der Waals surface area contributed by atoms with Crippen LogP contribution in [0.3, 0.4) is 0 Å². The number of carbonyl (C=O) groups is 1. The van der Waals surface area contributed by atoms with Crippen molar-refractivity contribution in [3.05, 3.63) is 78.5 Å². The highest BCUT2D eigenvalue weighted by molar-refractivity contribution is 5.91. The monoisotopic (exact) mass is 415 g/mol. The molecule has 0 spiro atoms. The maximum atomic E-state index is 12.3. The van der Waals surface area contributed by atoms with Gasteiger partial charge in [0.15, 0.2) is 5.69 Å². The number of para-hydroxylation sites is 1. The molecule has 0 saturated heterocycles. The van der Waals surface area contributed by atoms with E-state index >= 15 is 0 Å². The van der Waals surface area contributed by atoms with Crippen LogP contribution in [-0.2, 0) is 0 Å². The molecule has 0 fully saturated rings. The van der Waals surface area contributed by atoms with Crippen LogP contribution in [0.1, 0.15) is 16.1 Å². The van der Waals surface area contributed by atoms with Crippen molar-refractivity contribution in [1.29, 1.82) is 0 Å². The van der Waals surface area contributed by atoms with Crippen molar-refractivity contribution in [3.63, 3.8) is 0 Å². The van der Waals surface area contributed by atoms with E-state index in [9.17, 15) is 4.79 Å². The minimum absolute atomic E-state index is 0.253. The number of rotatable bonds is 8. The van der Waals surface area contributed by atoms with Crippen molar-refractivity contribution in [1.82, 2.24) is 35.3 Å². The molecule has 0 unspecified atom stereocenters. The Balaban J connectivity index is 1.26. The summed E-state index contributed by atoms with van der Waals surface area (Å²) in [5.74, 6) is 1.67. The molecule has 1 aromatic carbocycles. The predicted molar refractivity (Wildman–Crippen MR) is 116 cm³/mol. The van der Waals surface area contributed by atoms with Gasteiger partial charge in [0, 0.05) is 25.4 Å². The van der Waals surface area contributed by atoms with Gasteiger partial charge >= 0.3 is 0 Å². The lowest BCUT2D eigenvalue weighted by Crippen LogP contribution is -2.29. The van der Waals surface area contributed by atoms with Crippen LogP contribution in [0.5, 0.6) is 0 Å². The first kappa shape index (κ1) is 20.0. The highest BCUT2D eigenvalue weighted by atomic mass is 16.2. The molecule has 0 aliphatic rings. The molecule has 3 aromatic heterocycles. The van der Waals surface area contributed by atoms with Gasteiger partial charge < -0.3 is 16.0 Å². The Morgan fingerprint density at radius 2 is 1.77 bits per heavy atom. The summed E-state index contributed by atoms with van der Waals surface area (Å²) < 4.78 is 0. The van der Waals surface area contributed by atoms with Gasteiger partial charge in [-0.05, 0) is 36.8 Å². The molecule has 3 N–H and O–H groups in total. The molecule has 10 heteroatoms. The van der Waals surface area contributed by atoms with E-state index < -0.39 is 0 Å². The molecular weight excluding hydrogens is 394 g/mol. The third-order valence-corrected chi connectivity index (χ3v) is 4.27. The second kappa shape index (κ2) is 9.44. The quantitative estimate of drug-likeness (QED) is 0.375. The fourth-order valence-corrected chi connectivity index (χ4v) is 2.77. The molecule has 31 heavy (non-hydrogen) atoms. The number of nitrogens with zero attached hydrogens (tertiary/aromatic N) is 6. The van der Waals surface area contributed by atoms with Crippen LogP contribution >= 0.6 is 0 Å². The predicted octanol–water partition coefficient (Wildman–Crippen LogP) is 2.35.